The zero-order valence-corrected chi connectivity index (χ0v) is 11.0. The summed E-state index contributed by atoms with van der Waals surface area (Å²) in [5, 5.41) is 9.00. The van der Waals surface area contributed by atoms with Gasteiger partial charge in [0.1, 0.15) is 0 Å². The van der Waals surface area contributed by atoms with Crippen molar-refractivity contribution >= 4 is 21.9 Å². The first-order chi connectivity index (χ1) is 8.09. The Morgan fingerprint density at radius 3 is 2.82 bits per heavy atom. The number of benzene rings is 1. The fraction of sp³-hybridized carbons (Fsp3) is 0.417. The van der Waals surface area contributed by atoms with Gasteiger partial charge in [-0.05, 0) is 40.5 Å². The van der Waals surface area contributed by atoms with E-state index in [-0.39, 0.29) is 0 Å². The SMILES string of the molecule is CC(C(=O)O)c1cc(Br)c2c(c1)OCCCO2. The third-order valence-corrected chi connectivity index (χ3v) is 3.28. The Hall–Kier alpha value is -1.23. The summed E-state index contributed by atoms with van der Waals surface area (Å²) in [7, 11) is 0. The third-order valence-electron chi connectivity index (χ3n) is 2.69. The number of fused-ring (bicyclic) bond motifs is 1. The van der Waals surface area contributed by atoms with E-state index < -0.39 is 11.9 Å². The zero-order valence-electron chi connectivity index (χ0n) is 9.40. The predicted octanol–water partition coefficient (Wildman–Crippen LogP) is 2.80. The topological polar surface area (TPSA) is 55.8 Å². The number of rotatable bonds is 2. The Bertz CT molecular complexity index is 444. The highest BCUT2D eigenvalue weighted by Crippen LogP contribution is 2.39. The van der Waals surface area contributed by atoms with Gasteiger partial charge in [-0.15, -0.1) is 0 Å². The molecule has 0 saturated heterocycles. The summed E-state index contributed by atoms with van der Waals surface area (Å²) in [6.07, 6.45) is 0.824. The van der Waals surface area contributed by atoms with Crippen molar-refractivity contribution in [3.63, 3.8) is 0 Å². The molecule has 0 bridgehead atoms. The van der Waals surface area contributed by atoms with Crippen LogP contribution in [0.1, 0.15) is 24.8 Å². The molecule has 1 atom stereocenters. The van der Waals surface area contributed by atoms with E-state index in [1.54, 1.807) is 19.1 Å². The minimum atomic E-state index is -0.855. The van der Waals surface area contributed by atoms with Crippen LogP contribution < -0.4 is 9.47 Å². The molecular weight excluding hydrogens is 288 g/mol. The maximum absolute atomic E-state index is 11.0. The first kappa shape index (κ1) is 12.2. The second kappa shape index (κ2) is 4.96. The van der Waals surface area contributed by atoms with Crippen LogP contribution in [0.4, 0.5) is 0 Å². The molecule has 17 heavy (non-hydrogen) atoms. The molecule has 2 rings (SSSR count). The second-order valence-corrected chi connectivity index (χ2v) is 4.79. The number of halogens is 1. The molecule has 0 amide bonds. The lowest BCUT2D eigenvalue weighted by molar-refractivity contribution is -0.138. The van der Waals surface area contributed by atoms with Crippen LogP contribution in [-0.2, 0) is 4.79 Å². The van der Waals surface area contributed by atoms with Gasteiger partial charge in [0, 0.05) is 6.42 Å². The van der Waals surface area contributed by atoms with Crippen LogP contribution in [0.25, 0.3) is 0 Å². The molecule has 1 aliphatic heterocycles. The molecule has 1 aromatic rings. The van der Waals surface area contributed by atoms with Gasteiger partial charge < -0.3 is 14.6 Å². The molecule has 0 saturated carbocycles. The van der Waals surface area contributed by atoms with E-state index in [1.165, 1.54) is 0 Å². The average molecular weight is 301 g/mol. The summed E-state index contributed by atoms with van der Waals surface area (Å²) in [5.41, 5.74) is 0.702. The number of carboxylic acid groups (broad SMARTS) is 1. The van der Waals surface area contributed by atoms with Gasteiger partial charge in [-0.25, -0.2) is 0 Å². The normalized spacial score (nSPS) is 16.1. The van der Waals surface area contributed by atoms with Crippen LogP contribution in [0.15, 0.2) is 16.6 Å². The molecule has 92 valence electrons. The zero-order chi connectivity index (χ0) is 12.4. The Kier molecular flexibility index (Phi) is 3.57. The predicted molar refractivity (Wildman–Crippen MR) is 65.8 cm³/mol. The molecule has 0 aromatic heterocycles. The maximum Gasteiger partial charge on any atom is 0.310 e. The van der Waals surface area contributed by atoms with E-state index in [2.05, 4.69) is 15.9 Å². The van der Waals surface area contributed by atoms with Crippen molar-refractivity contribution in [2.24, 2.45) is 0 Å². The molecule has 0 fully saturated rings. The van der Waals surface area contributed by atoms with Gasteiger partial charge in [-0.1, -0.05) is 0 Å². The molecule has 0 spiro atoms. The number of carboxylic acids is 1. The quantitative estimate of drug-likeness (QED) is 0.912. The Balaban J connectivity index is 2.42. The number of carbonyl (C=O) groups is 1. The van der Waals surface area contributed by atoms with E-state index in [1.807, 2.05) is 0 Å². The molecule has 5 heteroatoms. The first-order valence-electron chi connectivity index (χ1n) is 5.41. The summed E-state index contributed by atoms with van der Waals surface area (Å²) in [5.74, 6) is -0.154. The lowest BCUT2D eigenvalue weighted by atomic mass is 10.0. The Morgan fingerprint density at radius 1 is 1.41 bits per heavy atom. The van der Waals surface area contributed by atoms with Crippen LogP contribution in [0.2, 0.25) is 0 Å². The van der Waals surface area contributed by atoms with Crippen LogP contribution in [-0.4, -0.2) is 24.3 Å². The minimum absolute atomic E-state index is 0.566. The number of hydrogen-bond donors (Lipinski definition) is 1. The highest BCUT2D eigenvalue weighted by atomic mass is 79.9. The van der Waals surface area contributed by atoms with Crippen LogP contribution >= 0.6 is 15.9 Å². The standard InChI is InChI=1S/C12H13BrO4/c1-7(12(14)15)8-5-9(13)11-10(6-8)16-3-2-4-17-11/h5-7H,2-4H2,1H3,(H,14,15). The molecule has 4 nitrogen and oxygen atoms in total. The van der Waals surface area contributed by atoms with Crippen molar-refractivity contribution in [3.8, 4) is 11.5 Å². The minimum Gasteiger partial charge on any atom is -0.490 e. The summed E-state index contributed by atoms with van der Waals surface area (Å²) >= 11 is 3.39. The fourth-order valence-electron chi connectivity index (χ4n) is 1.64. The molecule has 1 aromatic carbocycles. The van der Waals surface area contributed by atoms with Gasteiger partial charge in [0.15, 0.2) is 11.5 Å². The van der Waals surface area contributed by atoms with Gasteiger partial charge in [-0.3, -0.25) is 4.79 Å². The molecule has 1 unspecified atom stereocenters. The number of ether oxygens (including phenoxy) is 2. The third kappa shape index (κ3) is 2.54. The Labute approximate surface area is 108 Å². The lowest BCUT2D eigenvalue weighted by Gasteiger charge is -2.13. The van der Waals surface area contributed by atoms with Crippen LogP contribution in [0.3, 0.4) is 0 Å². The maximum atomic E-state index is 11.0. The number of aliphatic carboxylic acids is 1. The fourth-order valence-corrected chi connectivity index (χ4v) is 2.22. The van der Waals surface area contributed by atoms with E-state index in [0.29, 0.717) is 30.3 Å². The summed E-state index contributed by atoms with van der Waals surface area (Å²) in [6.45, 7) is 2.85. The lowest BCUT2D eigenvalue weighted by Crippen LogP contribution is -2.08. The number of hydrogen-bond acceptors (Lipinski definition) is 3. The summed E-state index contributed by atoms with van der Waals surface area (Å²) in [4.78, 5) is 11.0. The highest BCUT2D eigenvalue weighted by molar-refractivity contribution is 9.10. The van der Waals surface area contributed by atoms with E-state index in [0.717, 1.165) is 10.9 Å². The van der Waals surface area contributed by atoms with E-state index in [9.17, 15) is 4.79 Å². The van der Waals surface area contributed by atoms with Crippen molar-refractivity contribution in [2.45, 2.75) is 19.3 Å². The van der Waals surface area contributed by atoms with Crippen molar-refractivity contribution in [1.29, 1.82) is 0 Å². The van der Waals surface area contributed by atoms with Gasteiger partial charge in [0.05, 0.1) is 23.6 Å². The highest BCUT2D eigenvalue weighted by Gasteiger charge is 2.20. The monoisotopic (exact) mass is 300 g/mol. The smallest absolute Gasteiger partial charge is 0.310 e. The van der Waals surface area contributed by atoms with E-state index >= 15 is 0 Å². The van der Waals surface area contributed by atoms with Gasteiger partial charge in [0.25, 0.3) is 0 Å². The van der Waals surface area contributed by atoms with Crippen molar-refractivity contribution in [1.82, 2.24) is 0 Å². The van der Waals surface area contributed by atoms with Gasteiger partial charge >= 0.3 is 5.97 Å². The molecule has 0 aliphatic carbocycles. The van der Waals surface area contributed by atoms with Crippen molar-refractivity contribution < 1.29 is 19.4 Å². The molecule has 1 N–H and O–H groups in total. The Morgan fingerprint density at radius 2 is 2.12 bits per heavy atom. The van der Waals surface area contributed by atoms with Crippen molar-refractivity contribution in [2.75, 3.05) is 13.2 Å². The summed E-state index contributed by atoms with van der Waals surface area (Å²) < 4.78 is 11.8. The first-order valence-corrected chi connectivity index (χ1v) is 6.20. The largest absolute Gasteiger partial charge is 0.490 e. The van der Waals surface area contributed by atoms with Crippen molar-refractivity contribution in [3.05, 3.63) is 22.2 Å². The van der Waals surface area contributed by atoms with Crippen LogP contribution in [0, 0.1) is 0 Å². The second-order valence-electron chi connectivity index (χ2n) is 3.94. The van der Waals surface area contributed by atoms with E-state index in [4.69, 9.17) is 14.6 Å². The van der Waals surface area contributed by atoms with Crippen LogP contribution in [0.5, 0.6) is 11.5 Å². The molecular formula is C12H13BrO4. The molecule has 0 radical (unpaired) electrons. The van der Waals surface area contributed by atoms with Gasteiger partial charge in [0.2, 0.25) is 0 Å². The van der Waals surface area contributed by atoms with Gasteiger partial charge in [-0.2, -0.15) is 0 Å². The molecule has 1 heterocycles. The average Bonchev–Trinajstić information content (AvgIpc) is 2.53. The molecule has 1 aliphatic rings. The summed E-state index contributed by atoms with van der Waals surface area (Å²) in [6, 6.07) is 3.51.